The van der Waals surface area contributed by atoms with Crippen LogP contribution in [0.2, 0.25) is 0 Å². The smallest absolute Gasteiger partial charge is 0.257 e. The largest absolute Gasteiger partial charge is 0.349 e. The standard InChI is InChI=1S/C18H15F2N5O/c1-10-22-23-24-25(10)14-9-13(11-5-3-2-4-6-11)16(19)15(17(14)20)18(26)21-12-7-8-12/h2-6,9,12H,7-8H2,1H3,(H,21,26). The second kappa shape index (κ2) is 6.29. The first-order valence-electron chi connectivity index (χ1n) is 8.20. The molecule has 132 valence electrons. The summed E-state index contributed by atoms with van der Waals surface area (Å²) >= 11 is 0. The van der Waals surface area contributed by atoms with Crippen LogP contribution in [0.1, 0.15) is 29.0 Å². The van der Waals surface area contributed by atoms with Crippen molar-refractivity contribution in [3.05, 3.63) is 59.4 Å². The van der Waals surface area contributed by atoms with Crippen molar-refractivity contribution in [2.45, 2.75) is 25.8 Å². The second-order valence-corrected chi connectivity index (χ2v) is 6.20. The maximum atomic E-state index is 15.1. The minimum absolute atomic E-state index is 0.0279. The number of hydrogen-bond donors (Lipinski definition) is 1. The number of rotatable bonds is 4. The van der Waals surface area contributed by atoms with Gasteiger partial charge < -0.3 is 5.32 Å². The zero-order valence-electron chi connectivity index (χ0n) is 13.9. The van der Waals surface area contributed by atoms with Gasteiger partial charge in [0, 0.05) is 11.6 Å². The van der Waals surface area contributed by atoms with E-state index >= 15 is 8.78 Å². The Morgan fingerprint density at radius 3 is 2.54 bits per heavy atom. The highest BCUT2D eigenvalue weighted by molar-refractivity contribution is 5.97. The third-order valence-electron chi connectivity index (χ3n) is 4.26. The Labute approximate surface area is 147 Å². The molecule has 0 atom stereocenters. The summed E-state index contributed by atoms with van der Waals surface area (Å²) in [5.41, 5.74) is -0.0628. The van der Waals surface area contributed by atoms with Crippen LogP contribution < -0.4 is 5.32 Å². The van der Waals surface area contributed by atoms with E-state index in [0.717, 1.165) is 17.5 Å². The van der Waals surface area contributed by atoms with Crippen molar-refractivity contribution >= 4 is 5.91 Å². The van der Waals surface area contributed by atoms with Crippen LogP contribution in [0.4, 0.5) is 8.78 Å². The van der Waals surface area contributed by atoms with E-state index in [0.29, 0.717) is 11.4 Å². The quantitative estimate of drug-likeness (QED) is 0.781. The topological polar surface area (TPSA) is 72.7 Å². The molecule has 0 saturated heterocycles. The number of halogens is 2. The molecule has 26 heavy (non-hydrogen) atoms. The maximum absolute atomic E-state index is 15.1. The minimum atomic E-state index is -0.990. The summed E-state index contributed by atoms with van der Waals surface area (Å²) in [5, 5.41) is 13.6. The monoisotopic (exact) mass is 355 g/mol. The van der Waals surface area contributed by atoms with Gasteiger partial charge in [-0.25, -0.2) is 8.78 Å². The average molecular weight is 355 g/mol. The normalized spacial score (nSPS) is 13.7. The third kappa shape index (κ3) is 2.83. The van der Waals surface area contributed by atoms with E-state index in [1.165, 1.54) is 6.07 Å². The first-order valence-corrected chi connectivity index (χ1v) is 8.20. The van der Waals surface area contributed by atoms with E-state index in [4.69, 9.17) is 0 Å². The Bertz CT molecular complexity index is 983. The summed E-state index contributed by atoms with van der Waals surface area (Å²) < 4.78 is 31.3. The van der Waals surface area contributed by atoms with E-state index in [1.807, 2.05) is 0 Å². The van der Waals surface area contributed by atoms with Crippen LogP contribution in [0.15, 0.2) is 36.4 Å². The van der Waals surface area contributed by atoms with Gasteiger partial charge in [0.25, 0.3) is 5.91 Å². The molecule has 4 rings (SSSR count). The fraction of sp³-hybridized carbons (Fsp3) is 0.222. The fourth-order valence-corrected chi connectivity index (χ4v) is 2.74. The molecule has 1 heterocycles. The van der Waals surface area contributed by atoms with E-state index in [1.54, 1.807) is 37.3 Å². The molecule has 1 aliphatic carbocycles. The molecule has 0 radical (unpaired) electrons. The van der Waals surface area contributed by atoms with Crippen molar-refractivity contribution in [2.75, 3.05) is 0 Å². The van der Waals surface area contributed by atoms with Crippen LogP contribution in [0.3, 0.4) is 0 Å². The molecular formula is C18H15F2N5O. The predicted molar refractivity (Wildman–Crippen MR) is 89.7 cm³/mol. The molecule has 0 aliphatic heterocycles. The van der Waals surface area contributed by atoms with Gasteiger partial charge in [0.1, 0.15) is 17.1 Å². The lowest BCUT2D eigenvalue weighted by molar-refractivity contribution is 0.0942. The number of carbonyl (C=O) groups excluding carboxylic acids is 1. The number of aromatic nitrogens is 4. The predicted octanol–water partition coefficient (Wildman–Crippen LogP) is 2.81. The van der Waals surface area contributed by atoms with Gasteiger partial charge in [-0.1, -0.05) is 30.3 Å². The van der Waals surface area contributed by atoms with Gasteiger partial charge in [-0.15, -0.1) is 5.10 Å². The zero-order chi connectivity index (χ0) is 18.3. The summed E-state index contributed by atoms with van der Waals surface area (Å²) in [6.07, 6.45) is 1.62. The molecule has 3 aromatic rings. The Morgan fingerprint density at radius 2 is 1.92 bits per heavy atom. The van der Waals surface area contributed by atoms with Crippen LogP contribution in [0.5, 0.6) is 0 Å². The number of tetrazole rings is 1. The number of benzene rings is 2. The summed E-state index contributed by atoms with van der Waals surface area (Å²) in [6.45, 7) is 1.59. The molecular weight excluding hydrogens is 340 g/mol. The molecule has 8 heteroatoms. The molecule has 0 spiro atoms. The Kier molecular flexibility index (Phi) is 3.95. The molecule has 6 nitrogen and oxygen atoms in total. The van der Waals surface area contributed by atoms with Gasteiger partial charge in [0.05, 0.1) is 0 Å². The van der Waals surface area contributed by atoms with E-state index < -0.39 is 23.1 Å². The van der Waals surface area contributed by atoms with Crippen molar-refractivity contribution in [3.8, 4) is 16.8 Å². The highest BCUT2D eigenvalue weighted by atomic mass is 19.1. The van der Waals surface area contributed by atoms with E-state index in [9.17, 15) is 4.79 Å². The lowest BCUT2D eigenvalue weighted by Crippen LogP contribution is -2.28. The maximum Gasteiger partial charge on any atom is 0.257 e. The van der Waals surface area contributed by atoms with Crippen molar-refractivity contribution in [2.24, 2.45) is 0 Å². The molecule has 1 N–H and O–H groups in total. The highest BCUT2D eigenvalue weighted by Crippen LogP contribution is 2.31. The number of amides is 1. The molecule has 0 bridgehead atoms. The number of nitrogens with zero attached hydrogens (tertiary/aromatic N) is 4. The lowest BCUT2D eigenvalue weighted by Gasteiger charge is -2.14. The van der Waals surface area contributed by atoms with Gasteiger partial charge in [-0.2, -0.15) is 4.68 Å². The van der Waals surface area contributed by atoms with Gasteiger partial charge in [0.15, 0.2) is 11.6 Å². The van der Waals surface area contributed by atoms with Gasteiger partial charge in [-0.05, 0) is 41.8 Å². The molecule has 1 fully saturated rings. The molecule has 1 saturated carbocycles. The van der Waals surface area contributed by atoms with Crippen LogP contribution in [-0.2, 0) is 0 Å². The average Bonchev–Trinajstić information content (AvgIpc) is 3.34. The van der Waals surface area contributed by atoms with Crippen molar-refractivity contribution < 1.29 is 13.6 Å². The summed E-state index contributed by atoms with van der Waals surface area (Å²) in [7, 11) is 0. The molecule has 1 aliphatic rings. The van der Waals surface area contributed by atoms with Gasteiger partial charge in [0.2, 0.25) is 0 Å². The zero-order valence-corrected chi connectivity index (χ0v) is 13.9. The summed E-state index contributed by atoms with van der Waals surface area (Å²) in [6, 6.07) is 9.94. The van der Waals surface area contributed by atoms with Crippen molar-refractivity contribution in [1.29, 1.82) is 0 Å². The van der Waals surface area contributed by atoms with Crippen LogP contribution in [0, 0.1) is 18.6 Å². The SMILES string of the molecule is Cc1nnnn1-c1cc(-c2ccccc2)c(F)c(C(=O)NC2CC2)c1F. The molecule has 1 aromatic heterocycles. The Balaban J connectivity index is 1.94. The van der Waals surface area contributed by atoms with E-state index in [-0.39, 0.29) is 17.3 Å². The number of nitrogens with one attached hydrogen (secondary N) is 1. The minimum Gasteiger partial charge on any atom is -0.349 e. The first-order chi connectivity index (χ1) is 12.6. The molecule has 2 aromatic carbocycles. The summed E-state index contributed by atoms with van der Waals surface area (Å²) in [4.78, 5) is 12.5. The fourth-order valence-electron chi connectivity index (χ4n) is 2.74. The molecule has 1 amide bonds. The van der Waals surface area contributed by atoms with Crippen molar-refractivity contribution in [1.82, 2.24) is 25.5 Å². The number of carbonyl (C=O) groups is 1. The number of aryl methyl sites for hydroxylation is 1. The second-order valence-electron chi connectivity index (χ2n) is 6.20. The Hall–Kier alpha value is -3.16. The van der Waals surface area contributed by atoms with Gasteiger partial charge in [-0.3, -0.25) is 4.79 Å². The number of hydrogen-bond acceptors (Lipinski definition) is 4. The van der Waals surface area contributed by atoms with Crippen LogP contribution >= 0.6 is 0 Å². The van der Waals surface area contributed by atoms with Crippen LogP contribution in [-0.4, -0.2) is 32.2 Å². The Morgan fingerprint density at radius 1 is 1.19 bits per heavy atom. The summed E-state index contributed by atoms with van der Waals surface area (Å²) in [5.74, 6) is -2.34. The van der Waals surface area contributed by atoms with E-state index in [2.05, 4.69) is 20.8 Å². The molecule has 0 unspecified atom stereocenters. The third-order valence-corrected chi connectivity index (χ3v) is 4.26. The highest BCUT2D eigenvalue weighted by Gasteiger charge is 2.30. The first kappa shape index (κ1) is 16.3. The lowest BCUT2D eigenvalue weighted by atomic mass is 9.99. The van der Waals surface area contributed by atoms with Crippen molar-refractivity contribution in [3.63, 3.8) is 0 Å². The van der Waals surface area contributed by atoms with Crippen LogP contribution in [0.25, 0.3) is 16.8 Å². The van der Waals surface area contributed by atoms with Gasteiger partial charge >= 0.3 is 0 Å².